The zero-order valence-corrected chi connectivity index (χ0v) is 20.2. The fraction of sp³-hybridized carbons (Fsp3) is 0.296. The topological polar surface area (TPSA) is 84.0 Å². The van der Waals surface area contributed by atoms with E-state index >= 15 is 0 Å². The lowest BCUT2D eigenvalue weighted by Crippen LogP contribution is -2.49. The highest BCUT2D eigenvalue weighted by atomic mass is 16.5. The minimum Gasteiger partial charge on any atom is -0.493 e. The third kappa shape index (κ3) is 5.60. The molecule has 35 heavy (non-hydrogen) atoms. The average Bonchev–Trinajstić information content (AvgIpc) is 2.91. The average molecular weight is 475 g/mol. The summed E-state index contributed by atoms with van der Waals surface area (Å²) in [5.41, 5.74) is 2.92. The molecule has 2 aromatic carbocycles. The SMILES string of the molecule is CNC(=O)c1cccc(C2CN(C(=O)c3ccc(OC)c(OCc4ccccn4)c3)CCN2C)c1. The number of carbonyl (C=O) groups is 2. The molecule has 8 heteroatoms. The van der Waals surface area contributed by atoms with Crippen LogP contribution in [0.5, 0.6) is 11.5 Å². The van der Waals surface area contributed by atoms with Crippen LogP contribution in [0.4, 0.5) is 0 Å². The Morgan fingerprint density at radius 1 is 1.03 bits per heavy atom. The predicted octanol–water partition coefficient (Wildman–Crippen LogP) is 3.16. The van der Waals surface area contributed by atoms with Gasteiger partial charge in [0.15, 0.2) is 11.5 Å². The number of hydrogen-bond donors (Lipinski definition) is 1. The number of pyridine rings is 1. The van der Waals surface area contributed by atoms with Crippen molar-refractivity contribution in [2.75, 3.05) is 40.8 Å². The van der Waals surface area contributed by atoms with Crippen molar-refractivity contribution >= 4 is 11.8 Å². The molecule has 1 saturated heterocycles. The lowest BCUT2D eigenvalue weighted by atomic mass is 9.99. The second-order valence-corrected chi connectivity index (χ2v) is 8.43. The van der Waals surface area contributed by atoms with Gasteiger partial charge in [-0.05, 0) is 55.1 Å². The maximum atomic E-state index is 13.5. The van der Waals surface area contributed by atoms with Crippen LogP contribution in [0.15, 0.2) is 66.9 Å². The number of ether oxygens (including phenoxy) is 2. The number of methoxy groups -OCH3 is 1. The number of amides is 2. The molecule has 2 amide bonds. The Balaban J connectivity index is 1.52. The molecule has 1 fully saturated rings. The van der Waals surface area contributed by atoms with E-state index in [0.29, 0.717) is 35.7 Å². The van der Waals surface area contributed by atoms with Crippen LogP contribution in [-0.4, -0.2) is 67.4 Å². The number of nitrogens with one attached hydrogen (secondary N) is 1. The summed E-state index contributed by atoms with van der Waals surface area (Å²) >= 11 is 0. The summed E-state index contributed by atoms with van der Waals surface area (Å²) in [6.45, 7) is 2.12. The molecular weight excluding hydrogens is 444 g/mol. The molecule has 8 nitrogen and oxygen atoms in total. The van der Waals surface area contributed by atoms with Crippen molar-refractivity contribution in [1.82, 2.24) is 20.1 Å². The van der Waals surface area contributed by atoms with Crippen LogP contribution in [0.3, 0.4) is 0 Å². The molecule has 1 N–H and O–H groups in total. The van der Waals surface area contributed by atoms with Gasteiger partial charge < -0.3 is 19.7 Å². The maximum Gasteiger partial charge on any atom is 0.254 e. The minimum atomic E-state index is -0.130. The molecule has 0 spiro atoms. The summed E-state index contributed by atoms with van der Waals surface area (Å²) < 4.78 is 11.4. The second-order valence-electron chi connectivity index (χ2n) is 8.43. The van der Waals surface area contributed by atoms with Gasteiger partial charge in [0.1, 0.15) is 6.61 Å². The Kier molecular flexibility index (Phi) is 7.62. The number of rotatable bonds is 7. The highest BCUT2D eigenvalue weighted by molar-refractivity contribution is 5.95. The monoisotopic (exact) mass is 474 g/mol. The number of likely N-dealkylation sites (N-methyl/N-ethyl adjacent to an activating group) is 1. The molecule has 1 aromatic heterocycles. The molecule has 1 aliphatic rings. The Labute approximate surface area is 205 Å². The smallest absolute Gasteiger partial charge is 0.254 e. The first-order chi connectivity index (χ1) is 17.0. The third-order valence-electron chi connectivity index (χ3n) is 6.21. The zero-order valence-electron chi connectivity index (χ0n) is 20.2. The number of nitrogens with zero attached hydrogens (tertiary/aromatic N) is 3. The van der Waals surface area contributed by atoms with Crippen LogP contribution in [0.2, 0.25) is 0 Å². The van der Waals surface area contributed by atoms with E-state index in [4.69, 9.17) is 9.47 Å². The number of aromatic nitrogens is 1. The third-order valence-corrected chi connectivity index (χ3v) is 6.21. The highest BCUT2D eigenvalue weighted by Crippen LogP contribution is 2.31. The Morgan fingerprint density at radius 2 is 1.89 bits per heavy atom. The van der Waals surface area contributed by atoms with Gasteiger partial charge in [-0.15, -0.1) is 0 Å². The summed E-state index contributed by atoms with van der Waals surface area (Å²) in [6.07, 6.45) is 1.71. The summed E-state index contributed by atoms with van der Waals surface area (Å²) in [5, 5.41) is 2.66. The van der Waals surface area contributed by atoms with E-state index in [2.05, 4.69) is 15.2 Å². The van der Waals surface area contributed by atoms with E-state index in [9.17, 15) is 9.59 Å². The quantitative estimate of drug-likeness (QED) is 0.566. The maximum absolute atomic E-state index is 13.5. The number of carbonyl (C=O) groups excluding carboxylic acids is 2. The van der Waals surface area contributed by atoms with Crippen LogP contribution in [0.25, 0.3) is 0 Å². The molecule has 1 aliphatic heterocycles. The molecule has 4 rings (SSSR count). The van der Waals surface area contributed by atoms with Crippen molar-refractivity contribution in [2.45, 2.75) is 12.6 Å². The normalized spacial score (nSPS) is 16.0. The first-order valence-electron chi connectivity index (χ1n) is 11.5. The van der Waals surface area contributed by atoms with Crippen molar-refractivity contribution in [1.29, 1.82) is 0 Å². The van der Waals surface area contributed by atoms with Gasteiger partial charge in [0.25, 0.3) is 11.8 Å². The van der Waals surface area contributed by atoms with Crippen LogP contribution in [-0.2, 0) is 6.61 Å². The first kappa shape index (κ1) is 24.2. The van der Waals surface area contributed by atoms with Crippen molar-refractivity contribution in [3.63, 3.8) is 0 Å². The molecule has 0 bridgehead atoms. The molecule has 0 radical (unpaired) electrons. The minimum absolute atomic E-state index is 0.0181. The van der Waals surface area contributed by atoms with E-state index in [1.165, 1.54) is 0 Å². The first-order valence-corrected chi connectivity index (χ1v) is 11.5. The van der Waals surface area contributed by atoms with Gasteiger partial charge in [0.2, 0.25) is 0 Å². The van der Waals surface area contributed by atoms with Gasteiger partial charge >= 0.3 is 0 Å². The zero-order chi connectivity index (χ0) is 24.8. The fourth-order valence-electron chi connectivity index (χ4n) is 4.19. The van der Waals surface area contributed by atoms with Gasteiger partial charge in [-0.3, -0.25) is 19.5 Å². The molecule has 3 aromatic rings. The Bertz CT molecular complexity index is 1180. The molecule has 1 atom stereocenters. The second kappa shape index (κ2) is 11.0. The van der Waals surface area contributed by atoms with Crippen molar-refractivity contribution < 1.29 is 19.1 Å². The van der Waals surface area contributed by atoms with E-state index < -0.39 is 0 Å². The lowest BCUT2D eigenvalue weighted by Gasteiger charge is -2.40. The molecule has 2 heterocycles. The highest BCUT2D eigenvalue weighted by Gasteiger charge is 2.29. The number of benzene rings is 2. The summed E-state index contributed by atoms with van der Waals surface area (Å²) in [6, 6.07) is 18.4. The fourth-order valence-corrected chi connectivity index (χ4v) is 4.19. The molecular formula is C27H30N4O4. The number of piperazine rings is 1. The summed E-state index contributed by atoms with van der Waals surface area (Å²) in [7, 11) is 5.23. The van der Waals surface area contributed by atoms with E-state index in [1.807, 2.05) is 48.3 Å². The van der Waals surface area contributed by atoms with Crippen LogP contribution in [0, 0.1) is 0 Å². The van der Waals surface area contributed by atoms with Gasteiger partial charge in [-0.1, -0.05) is 18.2 Å². The Morgan fingerprint density at radius 3 is 2.63 bits per heavy atom. The molecule has 1 unspecified atom stereocenters. The molecule has 0 aliphatic carbocycles. The van der Waals surface area contributed by atoms with Gasteiger partial charge in [0.05, 0.1) is 18.8 Å². The standard InChI is InChI=1S/C27H30N4O4/c1-28-26(32)20-8-6-7-19(15-20)23-17-31(14-13-30(23)2)27(33)21-10-11-24(34-3)25(16-21)35-18-22-9-4-5-12-29-22/h4-12,15-16,23H,13-14,17-18H2,1-3H3,(H,28,32). The van der Waals surface area contributed by atoms with Crippen molar-refractivity contribution in [2.24, 2.45) is 0 Å². The van der Waals surface area contributed by atoms with Crippen molar-refractivity contribution in [3.05, 3.63) is 89.2 Å². The number of hydrogen-bond acceptors (Lipinski definition) is 6. The van der Waals surface area contributed by atoms with Crippen molar-refractivity contribution in [3.8, 4) is 11.5 Å². The van der Waals surface area contributed by atoms with Crippen LogP contribution >= 0.6 is 0 Å². The van der Waals surface area contributed by atoms with Gasteiger partial charge in [-0.25, -0.2) is 0 Å². The molecule has 0 saturated carbocycles. The largest absolute Gasteiger partial charge is 0.493 e. The van der Waals surface area contributed by atoms with Gasteiger partial charge in [0, 0.05) is 44.0 Å². The summed E-state index contributed by atoms with van der Waals surface area (Å²) in [5.74, 6) is 0.846. The predicted molar refractivity (Wildman–Crippen MR) is 133 cm³/mol. The van der Waals surface area contributed by atoms with E-state index in [-0.39, 0.29) is 24.5 Å². The van der Waals surface area contributed by atoms with E-state index in [0.717, 1.165) is 17.8 Å². The van der Waals surface area contributed by atoms with Crippen LogP contribution < -0.4 is 14.8 Å². The lowest BCUT2D eigenvalue weighted by molar-refractivity contribution is 0.0545. The van der Waals surface area contributed by atoms with E-state index in [1.54, 1.807) is 44.6 Å². The summed E-state index contributed by atoms with van der Waals surface area (Å²) in [4.78, 5) is 33.9. The van der Waals surface area contributed by atoms with Crippen LogP contribution in [0.1, 0.15) is 38.0 Å². The van der Waals surface area contributed by atoms with Gasteiger partial charge in [-0.2, -0.15) is 0 Å². The molecule has 182 valence electrons. The Hall–Kier alpha value is -3.91.